The molecule has 14 heavy (non-hydrogen) atoms. The molecular formula is C10H13NO3. The zero-order chi connectivity index (χ0) is 10.4. The van der Waals surface area contributed by atoms with Gasteiger partial charge in [-0.3, -0.25) is 10.1 Å². The van der Waals surface area contributed by atoms with Crippen LogP contribution in [0.2, 0.25) is 0 Å². The molecule has 4 nitrogen and oxygen atoms in total. The zero-order valence-corrected chi connectivity index (χ0v) is 8.10. The molecule has 0 unspecified atom stereocenters. The van der Waals surface area contributed by atoms with Crippen LogP contribution in [0, 0.1) is 10.1 Å². The summed E-state index contributed by atoms with van der Waals surface area (Å²) < 4.78 is 5.28. The van der Waals surface area contributed by atoms with Crippen molar-refractivity contribution in [3.05, 3.63) is 39.9 Å². The fourth-order valence-electron chi connectivity index (χ4n) is 1.18. The summed E-state index contributed by atoms with van der Waals surface area (Å²) in [7, 11) is 0. The van der Waals surface area contributed by atoms with E-state index in [1.165, 1.54) is 0 Å². The molecule has 1 aromatic rings. The number of ether oxygens (including phenoxy) is 1. The molecule has 0 amide bonds. The van der Waals surface area contributed by atoms with E-state index in [1.54, 1.807) is 0 Å². The second-order valence-corrected chi connectivity index (χ2v) is 2.89. The first-order valence-corrected chi connectivity index (χ1v) is 4.56. The normalized spacial score (nSPS) is 9.79. The standard InChI is InChI=1S/C10H13NO3/c1-2-14-10-5-3-4-9(8-10)6-7-11(12)13/h3-5,8H,2,6-7H2,1H3. The summed E-state index contributed by atoms with van der Waals surface area (Å²) in [4.78, 5) is 9.85. The number of hydrogen-bond acceptors (Lipinski definition) is 3. The third kappa shape index (κ3) is 3.43. The first-order valence-electron chi connectivity index (χ1n) is 4.56. The van der Waals surface area contributed by atoms with Gasteiger partial charge in [-0.2, -0.15) is 0 Å². The average molecular weight is 195 g/mol. The van der Waals surface area contributed by atoms with Gasteiger partial charge in [-0.05, 0) is 24.6 Å². The molecule has 4 heteroatoms. The predicted octanol–water partition coefficient (Wildman–Crippen LogP) is 1.90. The van der Waals surface area contributed by atoms with Gasteiger partial charge in [0.25, 0.3) is 0 Å². The van der Waals surface area contributed by atoms with Gasteiger partial charge >= 0.3 is 0 Å². The molecule has 0 aliphatic heterocycles. The highest BCUT2D eigenvalue weighted by Crippen LogP contribution is 2.13. The summed E-state index contributed by atoms with van der Waals surface area (Å²) in [6, 6.07) is 7.40. The van der Waals surface area contributed by atoms with Crippen LogP contribution in [0.1, 0.15) is 12.5 Å². The van der Waals surface area contributed by atoms with Crippen LogP contribution in [0.4, 0.5) is 0 Å². The molecule has 0 aliphatic carbocycles. The maximum absolute atomic E-state index is 10.2. The molecule has 0 fully saturated rings. The Bertz CT molecular complexity index is 312. The van der Waals surface area contributed by atoms with Crippen molar-refractivity contribution in [3.63, 3.8) is 0 Å². The van der Waals surface area contributed by atoms with Gasteiger partial charge in [0.2, 0.25) is 6.54 Å². The Labute approximate surface area is 82.7 Å². The molecule has 76 valence electrons. The summed E-state index contributed by atoms with van der Waals surface area (Å²) >= 11 is 0. The van der Waals surface area contributed by atoms with Crippen LogP contribution in [0.15, 0.2) is 24.3 Å². The minimum absolute atomic E-state index is 0.0322. The first-order chi connectivity index (χ1) is 6.72. The lowest BCUT2D eigenvalue weighted by atomic mass is 10.1. The topological polar surface area (TPSA) is 52.4 Å². The van der Waals surface area contributed by atoms with Gasteiger partial charge in [0, 0.05) is 11.3 Å². The van der Waals surface area contributed by atoms with Crippen LogP contribution in [-0.2, 0) is 6.42 Å². The molecule has 0 heterocycles. The Morgan fingerprint density at radius 3 is 2.93 bits per heavy atom. The lowest BCUT2D eigenvalue weighted by molar-refractivity contribution is -0.479. The highest BCUT2D eigenvalue weighted by atomic mass is 16.6. The van der Waals surface area contributed by atoms with Gasteiger partial charge < -0.3 is 4.74 Å². The van der Waals surface area contributed by atoms with Crippen molar-refractivity contribution in [1.29, 1.82) is 0 Å². The number of rotatable bonds is 5. The molecule has 1 aromatic carbocycles. The van der Waals surface area contributed by atoms with Crippen molar-refractivity contribution in [2.45, 2.75) is 13.3 Å². The molecule has 0 aliphatic rings. The summed E-state index contributed by atoms with van der Waals surface area (Å²) in [5.41, 5.74) is 0.938. The van der Waals surface area contributed by atoms with Crippen LogP contribution < -0.4 is 4.74 Å². The summed E-state index contributed by atoms with van der Waals surface area (Å²) in [6.45, 7) is 2.48. The van der Waals surface area contributed by atoms with Gasteiger partial charge in [0.15, 0.2) is 0 Å². The van der Waals surface area contributed by atoms with Gasteiger partial charge in [-0.25, -0.2) is 0 Å². The molecule has 0 saturated heterocycles. The number of benzene rings is 1. The SMILES string of the molecule is CCOc1cccc(CC[N+](=O)[O-])c1. The van der Waals surface area contributed by atoms with Crippen LogP contribution in [0.3, 0.4) is 0 Å². The van der Waals surface area contributed by atoms with E-state index >= 15 is 0 Å². The van der Waals surface area contributed by atoms with Crippen molar-refractivity contribution in [2.24, 2.45) is 0 Å². The molecule has 1 rings (SSSR count). The molecule has 0 saturated carbocycles. The van der Waals surface area contributed by atoms with Gasteiger partial charge in [-0.1, -0.05) is 12.1 Å². The zero-order valence-electron chi connectivity index (χ0n) is 8.10. The molecule has 0 bridgehead atoms. The Morgan fingerprint density at radius 2 is 2.29 bits per heavy atom. The molecule has 0 N–H and O–H groups in total. The van der Waals surface area contributed by atoms with E-state index in [0.717, 1.165) is 11.3 Å². The van der Waals surface area contributed by atoms with Crippen LogP contribution >= 0.6 is 0 Å². The van der Waals surface area contributed by atoms with Crippen molar-refractivity contribution in [2.75, 3.05) is 13.2 Å². The summed E-state index contributed by atoms with van der Waals surface area (Å²) in [5, 5.41) is 10.2. The molecule has 0 radical (unpaired) electrons. The van der Waals surface area contributed by atoms with Crippen molar-refractivity contribution in [3.8, 4) is 5.75 Å². The summed E-state index contributed by atoms with van der Waals surface area (Å²) in [5.74, 6) is 0.772. The third-order valence-corrected chi connectivity index (χ3v) is 1.79. The largest absolute Gasteiger partial charge is 0.494 e. The van der Waals surface area contributed by atoms with E-state index in [2.05, 4.69) is 0 Å². The minimum atomic E-state index is -0.312. The molecule has 0 spiro atoms. The van der Waals surface area contributed by atoms with Crippen molar-refractivity contribution in [1.82, 2.24) is 0 Å². The van der Waals surface area contributed by atoms with Gasteiger partial charge in [-0.15, -0.1) is 0 Å². The fraction of sp³-hybridized carbons (Fsp3) is 0.400. The van der Waals surface area contributed by atoms with Crippen molar-refractivity contribution >= 4 is 0 Å². The van der Waals surface area contributed by atoms with Crippen LogP contribution in [0.5, 0.6) is 5.75 Å². The highest BCUT2D eigenvalue weighted by Gasteiger charge is 2.00. The van der Waals surface area contributed by atoms with Crippen LogP contribution in [0.25, 0.3) is 0 Å². The predicted molar refractivity (Wildman–Crippen MR) is 53.2 cm³/mol. The third-order valence-electron chi connectivity index (χ3n) is 1.79. The molecule has 0 aromatic heterocycles. The van der Waals surface area contributed by atoms with Gasteiger partial charge in [0.05, 0.1) is 6.61 Å². The van der Waals surface area contributed by atoms with Gasteiger partial charge in [0.1, 0.15) is 5.75 Å². The fourth-order valence-corrected chi connectivity index (χ4v) is 1.18. The molecular weight excluding hydrogens is 182 g/mol. The van der Waals surface area contributed by atoms with E-state index < -0.39 is 0 Å². The number of nitro groups is 1. The van der Waals surface area contributed by atoms with Crippen LogP contribution in [-0.4, -0.2) is 18.1 Å². The maximum Gasteiger partial charge on any atom is 0.207 e. The molecule has 0 atom stereocenters. The van der Waals surface area contributed by atoms with E-state index in [9.17, 15) is 10.1 Å². The Balaban J connectivity index is 2.58. The quantitative estimate of drug-likeness (QED) is 0.532. The minimum Gasteiger partial charge on any atom is -0.494 e. The second-order valence-electron chi connectivity index (χ2n) is 2.89. The Morgan fingerprint density at radius 1 is 1.50 bits per heavy atom. The lowest BCUT2D eigenvalue weighted by Gasteiger charge is -2.04. The highest BCUT2D eigenvalue weighted by molar-refractivity contribution is 5.28. The van der Waals surface area contributed by atoms with E-state index in [-0.39, 0.29) is 11.5 Å². The van der Waals surface area contributed by atoms with E-state index in [0.29, 0.717) is 13.0 Å². The monoisotopic (exact) mass is 195 g/mol. The Kier molecular flexibility index (Phi) is 3.91. The number of hydrogen-bond donors (Lipinski definition) is 0. The lowest BCUT2D eigenvalue weighted by Crippen LogP contribution is -2.04. The Hall–Kier alpha value is -1.58. The van der Waals surface area contributed by atoms with E-state index in [1.807, 2.05) is 31.2 Å². The first kappa shape index (κ1) is 10.5. The van der Waals surface area contributed by atoms with E-state index in [4.69, 9.17) is 4.74 Å². The summed E-state index contributed by atoms with van der Waals surface area (Å²) in [6.07, 6.45) is 0.452. The maximum atomic E-state index is 10.2. The number of nitrogens with zero attached hydrogens (tertiary/aromatic N) is 1. The smallest absolute Gasteiger partial charge is 0.207 e. The second kappa shape index (κ2) is 5.21. The van der Waals surface area contributed by atoms with Crippen molar-refractivity contribution < 1.29 is 9.66 Å². The average Bonchev–Trinajstić information content (AvgIpc) is 2.16.